The SMILES string of the molecule is O=[N+]([O-])c1cc(C(F)(F)F)ccc1N1CCN(CC(F)(F)C(F)F)CC1. The molecule has 0 aromatic heterocycles. The number of benzene rings is 1. The van der Waals surface area contributed by atoms with Crippen LogP contribution in [0.4, 0.5) is 42.1 Å². The van der Waals surface area contributed by atoms with Crippen molar-refractivity contribution in [3.8, 4) is 0 Å². The number of nitro groups is 1. The third-order valence-electron chi connectivity index (χ3n) is 3.97. The van der Waals surface area contributed by atoms with Gasteiger partial charge in [-0.1, -0.05) is 0 Å². The summed E-state index contributed by atoms with van der Waals surface area (Å²) in [5.74, 6) is -4.18. The predicted octanol–water partition coefficient (Wildman–Crippen LogP) is 3.64. The van der Waals surface area contributed by atoms with E-state index in [9.17, 15) is 40.8 Å². The monoisotopic (exact) mass is 389 g/mol. The lowest BCUT2D eigenvalue weighted by molar-refractivity contribution is -0.384. The summed E-state index contributed by atoms with van der Waals surface area (Å²) in [6.45, 7) is -1.37. The number of nitrogens with zero attached hydrogens (tertiary/aromatic N) is 3. The molecule has 1 aliphatic rings. The van der Waals surface area contributed by atoms with E-state index in [1.807, 2.05) is 0 Å². The smallest absolute Gasteiger partial charge is 0.363 e. The Labute approximate surface area is 143 Å². The van der Waals surface area contributed by atoms with Crippen molar-refractivity contribution < 1.29 is 35.7 Å². The largest absolute Gasteiger partial charge is 0.416 e. The molecule has 26 heavy (non-hydrogen) atoms. The third-order valence-corrected chi connectivity index (χ3v) is 3.97. The fourth-order valence-electron chi connectivity index (χ4n) is 2.63. The van der Waals surface area contributed by atoms with Crippen molar-refractivity contribution in [2.45, 2.75) is 18.5 Å². The second-order valence-electron chi connectivity index (χ2n) is 5.78. The van der Waals surface area contributed by atoms with Crippen LogP contribution in [-0.2, 0) is 6.18 Å². The third kappa shape index (κ3) is 4.54. The standard InChI is InChI=1S/C14H14F7N3O2/c15-12(16)13(17,18)8-22-3-5-23(6-4-22)10-2-1-9(14(19,20)21)7-11(10)24(25)26/h1-2,7,12H,3-6,8H2. The Hall–Kier alpha value is -2.11. The Balaban J connectivity index is 2.13. The zero-order valence-corrected chi connectivity index (χ0v) is 13.1. The molecule has 0 N–H and O–H groups in total. The summed E-state index contributed by atoms with van der Waals surface area (Å²) in [6, 6.07) is 2.05. The fourth-order valence-corrected chi connectivity index (χ4v) is 2.63. The lowest BCUT2D eigenvalue weighted by Gasteiger charge is -2.37. The average molecular weight is 389 g/mol. The van der Waals surface area contributed by atoms with Gasteiger partial charge in [-0.3, -0.25) is 15.0 Å². The number of halogens is 7. The Bertz CT molecular complexity index is 658. The van der Waals surface area contributed by atoms with Crippen molar-refractivity contribution in [2.24, 2.45) is 0 Å². The second-order valence-corrected chi connectivity index (χ2v) is 5.78. The van der Waals surface area contributed by atoms with E-state index in [1.54, 1.807) is 0 Å². The molecule has 0 saturated carbocycles. The highest BCUT2D eigenvalue weighted by atomic mass is 19.4. The van der Waals surface area contributed by atoms with Gasteiger partial charge in [-0.25, -0.2) is 8.78 Å². The first kappa shape index (κ1) is 20.2. The molecule has 1 aromatic carbocycles. The summed E-state index contributed by atoms with van der Waals surface area (Å²) in [4.78, 5) is 12.6. The van der Waals surface area contributed by atoms with Gasteiger partial charge in [0, 0.05) is 32.2 Å². The van der Waals surface area contributed by atoms with E-state index >= 15 is 0 Å². The van der Waals surface area contributed by atoms with Crippen LogP contribution < -0.4 is 4.90 Å². The molecule has 0 radical (unpaired) electrons. The first-order chi connectivity index (χ1) is 11.9. The minimum atomic E-state index is -4.75. The Morgan fingerprint density at radius 3 is 2.12 bits per heavy atom. The van der Waals surface area contributed by atoms with Crippen LogP contribution in [-0.4, -0.2) is 54.9 Å². The molecular weight excluding hydrogens is 375 g/mol. The van der Waals surface area contributed by atoms with Gasteiger partial charge in [0.2, 0.25) is 0 Å². The van der Waals surface area contributed by atoms with Crippen molar-refractivity contribution in [3.05, 3.63) is 33.9 Å². The molecule has 1 aromatic rings. The van der Waals surface area contributed by atoms with Crippen LogP contribution in [0.25, 0.3) is 0 Å². The highest BCUT2D eigenvalue weighted by Crippen LogP contribution is 2.37. The van der Waals surface area contributed by atoms with Crippen LogP contribution in [0.3, 0.4) is 0 Å². The maximum atomic E-state index is 13.1. The number of rotatable bonds is 5. The van der Waals surface area contributed by atoms with Crippen LogP contribution in [0.1, 0.15) is 5.56 Å². The van der Waals surface area contributed by atoms with E-state index in [1.165, 1.54) is 4.90 Å². The van der Waals surface area contributed by atoms with Crippen LogP contribution in [0.2, 0.25) is 0 Å². The molecule has 0 atom stereocenters. The molecule has 12 heteroatoms. The maximum absolute atomic E-state index is 13.1. The van der Waals surface area contributed by atoms with Gasteiger partial charge in [-0.05, 0) is 12.1 Å². The Morgan fingerprint density at radius 2 is 1.65 bits per heavy atom. The summed E-state index contributed by atoms with van der Waals surface area (Å²) < 4.78 is 88.7. The minimum absolute atomic E-state index is 0.0223. The fraction of sp³-hybridized carbons (Fsp3) is 0.571. The van der Waals surface area contributed by atoms with Gasteiger partial charge in [0.05, 0.1) is 17.0 Å². The number of hydrogen-bond donors (Lipinski definition) is 0. The predicted molar refractivity (Wildman–Crippen MR) is 77.7 cm³/mol. The quantitative estimate of drug-likeness (QED) is 0.438. The van der Waals surface area contributed by atoms with E-state index in [0.717, 1.165) is 11.0 Å². The van der Waals surface area contributed by atoms with Crippen molar-refractivity contribution in [1.29, 1.82) is 0 Å². The lowest BCUT2D eigenvalue weighted by atomic mass is 10.1. The molecule has 5 nitrogen and oxygen atoms in total. The molecule has 1 saturated heterocycles. The van der Waals surface area contributed by atoms with Gasteiger partial charge in [0.25, 0.3) is 5.69 Å². The van der Waals surface area contributed by atoms with Crippen molar-refractivity contribution >= 4 is 11.4 Å². The van der Waals surface area contributed by atoms with Crippen LogP contribution in [0.15, 0.2) is 18.2 Å². The Morgan fingerprint density at radius 1 is 1.08 bits per heavy atom. The molecule has 2 rings (SSSR count). The van der Waals surface area contributed by atoms with Gasteiger partial charge in [0.15, 0.2) is 0 Å². The second kappa shape index (κ2) is 7.25. The van der Waals surface area contributed by atoms with Crippen LogP contribution >= 0.6 is 0 Å². The van der Waals surface area contributed by atoms with Gasteiger partial charge >= 0.3 is 18.5 Å². The molecule has 0 aliphatic carbocycles. The van der Waals surface area contributed by atoms with E-state index < -0.39 is 41.2 Å². The molecular formula is C14H14F7N3O2. The molecule has 0 unspecified atom stereocenters. The first-order valence-electron chi connectivity index (χ1n) is 7.41. The topological polar surface area (TPSA) is 49.6 Å². The lowest BCUT2D eigenvalue weighted by Crippen LogP contribution is -2.51. The normalized spacial score (nSPS) is 17.0. The van der Waals surface area contributed by atoms with Crippen molar-refractivity contribution in [3.63, 3.8) is 0 Å². The summed E-state index contributed by atoms with van der Waals surface area (Å²) in [5.41, 5.74) is -2.02. The maximum Gasteiger partial charge on any atom is 0.416 e. The van der Waals surface area contributed by atoms with E-state index in [0.29, 0.717) is 12.1 Å². The average Bonchev–Trinajstić information content (AvgIpc) is 2.53. The van der Waals surface area contributed by atoms with Crippen LogP contribution in [0, 0.1) is 10.1 Å². The van der Waals surface area contributed by atoms with Gasteiger partial charge in [0.1, 0.15) is 5.69 Å². The summed E-state index contributed by atoms with van der Waals surface area (Å²) in [5, 5.41) is 11.1. The number of piperazine rings is 1. The highest BCUT2D eigenvalue weighted by molar-refractivity contribution is 5.65. The van der Waals surface area contributed by atoms with E-state index in [2.05, 4.69) is 0 Å². The first-order valence-corrected chi connectivity index (χ1v) is 7.41. The number of anilines is 1. The van der Waals surface area contributed by atoms with Gasteiger partial charge in [-0.15, -0.1) is 0 Å². The molecule has 1 heterocycles. The summed E-state index contributed by atoms with van der Waals surface area (Å²) >= 11 is 0. The molecule has 146 valence electrons. The van der Waals surface area contributed by atoms with Gasteiger partial charge in [-0.2, -0.15) is 22.0 Å². The molecule has 0 amide bonds. The highest BCUT2D eigenvalue weighted by Gasteiger charge is 2.43. The van der Waals surface area contributed by atoms with Gasteiger partial charge < -0.3 is 4.90 Å². The zero-order valence-electron chi connectivity index (χ0n) is 13.1. The Kier molecular flexibility index (Phi) is 5.64. The molecule has 1 fully saturated rings. The molecule has 1 aliphatic heterocycles. The zero-order chi connectivity index (χ0) is 19.7. The number of alkyl halides is 7. The van der Waals surface area contributed by atoms with Crippen molar-refractivity contribution in [1.82, 2.24) is 4.90 Å². The van der Waals surface area contributed by atoms with E-state index in [4.69, 9.17) is 0 Å². The summed E-state index contributed by atoms with van der Waals surface area (Å²) in [6.07, 6.45) is -8.56. The minimum Gasteiger partial charge on any atom is -0.363 e. The summed E-state index contributed by atoms with van der Waals surface area (Å²) in [7, 11) is 0. The molecule has 0 spiro atoms. The van der Waals surface area contributed by atoms with Crippen LogP contribution in [0.5, 0.6) is 0 Å². The van der Waals surface area contributed by atoms with E-state index in [-0.39, 0.29) is 31.9 Å². The number of hydrogen-bond acceptors (Lipinski definition) is 4. The number of nitro benzene ring substituents is 1. The molecule has 0 bridgehead atoms. The van der Waals surface area contributed by atoms with Crippen molar-refractivity contribution in [2.75, 3.05) is 37.6 Å².